The first-order valence-corrected chi connectivity index (χ1v) is 10.2. The third-order valence-electron chi connectivity index (χ3n) is 4.17. The van der Waals surface area contributed by atoms with Crippen molar-refractivity contribution in [2.45, 2.75) is 24.7 Å². The van der Waals surface area contributed by atoms with E-state index in [-0.39, 0.29) is 10.8 Å². The average Bonchev–Trinajstić information content (AvgIpc) is 3.03. The summed E-state index contributed by atoms with van der Waals surface area (Å²) >= 11 is 1.20. The van der Waals surface area contributed by atoms with Crippen LogP contribution in [0.3, 0.4) is 0 Å². The van der Waals surface area contributed by atoms with Gasteiger partial charge in [-0.15, -0.1) is 11.3 Å². The molecule has 0 atom stereocenters. The monoisotopic (exact) mass is 359 g/mol. The van der Waals surface area contributed by atoms with Crippen LogP contribution in [0.25, 0.3) is 0 Å². The molecule has 6 nitrogen and oxygen atoms in total. The molecule has 0 bridgehead atoms. The van der Waals surface area contributed by atoms with E-state index in [1.165, 1.54) is 31.5 Å². The Hall–Kier alpha value is -0.960. The highest BCUT2D eigenvalue weighted by atomic mass is 32.2. The van der Waals surface area contributed by atoms with Gasteiger partial charge in [0.05, 0.1) is 0 Å². The van der Waals surface area contributed by atoms with Crippen LogP contribution in [-0.2, 0) is 10.0 Å². The number of rotatable bonds is 6. The van der Waals surface area contributed by atoms with Gasteiger partial charge in [-0.3, -0.25) is 4.79 Å². The standard InChI is InChI=1S/C15H25N3O3S2/c1-4-16-11-12-5-8-18(9-6-12)15(19)14-13(7-10-22-14)23(20,21)17(2)3/h7,10,12,16H,4-6,8-9,11H2,1-3H3. The molecular formula is C15H25N3O3S2. The number of carbonyl (C=O) groups excluding carboxylic acids is 1. The van der Waals surface area contributed by atoms with Gasteiger partial charge in [-0.1, -0.05) is 6.92 Å². The van der Waals surface area contributed by atoms with Crippen LogP contribution < -0.4 is 5.32 Å². The minimum Gasteiger partial charge on any atom is -0.338 e. The Morgan fingerprint density at radius 2 is 2.04 bits per heavy atom. The van der Waals surface area contributed by atoms with E-state index in [0.29, 0.717) is 23.9 Å². The number of likely N-dealkylation sites (tertiary alicyclic amines) is 1. The lowest BCUT2D eigenvalue weighted by molar-refractivity contribution is 0.0691. The minimum absolute atomic E-state index is 0.118. The van der Waals surface area contributed by atoms with E-state index in [9.17, 15) is 13.2 Å². The molecule has 23 heavy (non-hydrogen) atoms. The summed E-state index contributed by atoms with van der Waals surface area (Å²) in [4.78, 5) is 14.9. The number of thiophene rings is 1. The molecule has 1 saturated heterocycles. The van der Waals surface area contributed by atoms with Crippen LogP contribution in [0.15, 0.2) is 16.3 Å². The summed E-state index contributed by atoms with van der Waals surface area (Å²) in [5.74, 6) is 0.426. The van der Waals surface area contributed by atoms with E-state index < -0.39 is 10.0 Å². The lowest BCUT2D eigenvalue weighted by Crippen LogP contribution is -2.41. The molecule has 0 radical (unpaired) electrons. The molecule has 8 heteroatoms. The van der Waals surface area contributed by atoms with Crippen LogP contribution in [0.2, 0.25) is 0 Å². The van der Waals surface area contributed by atoms with Crippen molar-refractivity contribution in [1.82, 2.24) is 14.5 Å². The van der Waals surface area contributed by atoms with E-state index in [1.54, 1.807) is 10.3 Å². The van der Waals surface area contributed by atoms with Crippen LogP contribution in [0.5, 0.6) is 0 Å². The Bertz CT molecular complexity index is 632. The van der Waals surface area contributed by atoms with Crippen molar-refractivity contribution in [1.29, 1.82) is 0 Å². The van der Waals surface area contributed by atoms with Crippen LogP contribution in [0.4, 0.5) is 0 Å². The van der Waals surface area contributed by atoms with Crippen molar-refractivity contribution in [3.63, 3.8) is 0 Å². The Labute approximate surface area is 142 Å². The summed E-state index contributed by atoms with van der Waals surface area (Å²) in [6.07, 6.45) is 1.92. The first kappa shape index (κ1) is 18.4. The van der Waals surface area contributed by atoms with Crippen LogP contribution in [0.1, 0.15) is 29.4 Å². The first-order valence-electron chi connectivity index (χ1n) is 7.88. The van der Waals surface area contributed by atoms with Gasteiger partial charge in [0, 0.05) is 27.2 Å². The summed E-state index contributed by atoms with van der Waals surface area (Å²) in [5, 5.41) is 5.01. The minimum atomic E-state index is -3.58. The van der Waals surface area contributed by atoms with Crippen molar-refractivity contribution in [2.75, 3.05) is 40.3 Å². The third kappa shape index (κ3) is 4.12. The molecule has 1 aliphatic rings. The predicted molar refractivity (Wildman–Crippen MR) is 92.4 cm³/mol. The topological polar surface area (TPSA) is 69.7 Å². The molecular weight excluding hydrogens is 334 g/mol. The fourth-order valence-electron chi connectivity index (χ4n) is 2.69. The molecule has 1 aliphatic heterocycles. The molecule has 0 spiro atoms. The number of hydrogen-bond acceptors (Lipinski definition) is 5. The number of nitrogens with zero attached hydrogens (tertiary/aromatic N) is 2. The molecule has 0 aliphatic carbocycles. The summed E-state index contributed by atoms with van der Waals surface area (Å²) in [7, 11) is -0.625. The molecule has 1 N–H and O–H groups in total. The van der Waals surface area contributed by atoms with Crippen LogP contribution >= 0.6 is 11.3 Å². The first-order chi connectivity index (χ1) is 10.9. The summed E-state index contributed by atoms with van der Waals surface area (Å²) in [6.45, 7) is 5.41. The Balaban J connectivity index is 2.07. The summed E-state index contributed by atoms with van der Waals surface area (Å²) < 4.78 is 25.8. The Morgan fingerprint density at radius 3 is 2.61 bits per heavy atom. The highest BCUT2D eigenvalue weighted by molar-refractivity contribution is 7.89. The fraction of sp³-hybridized carbons (Fsp3) is 0.667. The number of hydrogen-bond donors (Lipinski definition) is 1. The molecule has 0 saturated carbocycles. The van der Waals surface area contributed by atoms with Crippen molar-refractivity contribution < 1.29 is 13.2 Å². The Morgan fingerprint density at radius 1 is 1.39 bits per heavy atom. The Kier molecular flexibility index (Phi) is 6.19. The van der Waals surface area contributed by atoms with Gasteiger partial charge in [-0.05, 0) is 43.3 Å². The van der Waals surface area contributed by atoms with Gasteiger partial charge in [0.2, 0.25) is 10.0 Å². The zero-order chi connectivity index (χ0) is 17.0. The zero-order valence-electron chi connectivity index (χ0n) is 13.9. The molecule has 130 valence electrons. The number of nitrogens with one attached hydrogen (secondary N) is 1. The maximum Gasteiger partial charge on any atom is 0.265 e. The van der Waals surface area contributed by atoms with Crippen molar-refractivity contribution in [3.8, 4) is 0 Å². The largest absolute Gasteiger partial charge is 0.338 e. The second-order valence-electron chi connectivity index (χ2n) is 5.94. The number of sulfonamides is 1. The van der Waals surface area contributed by atoms with Crippen molar-refractivity contribution in [2.24, 2.45) is 5.92 Å². The van der Waals surface area contributed by atoms with Gasteiger partial charge in [-0.25, -0.2) is 12.7 Å². The molecule has 0 aromatic carbocycles. The summed E-state index contributed by atoms with van der Waals surface area (Å²) in [5.41, 5.74) is 0. The van der Waals surface area contributed by atoms with Gasteiger partial charge in [0.1, 0.15) is 9.77 Å². The molecule has 0 unspecified atom stereocenters. The molecule has 1 fully saturated rings. The number of carbonyl (C=O) groups is 1. The number of piperidine rings is 1. The number of amides is 1. The lowest BCUT2D eigenvalue weighted by Gasteiger charge is -2.32. The van der Waals surface area contributed by atoms with Gasteiger partial charge >= 0.3 is 0 Å². The fourth-order valence-corrected chi connectivity index (χ4v) is 4.94. The lowest BCUT2D eigenvalue weighted by atomic mass is 9.96. The average molecular weight is 360 g/mol. The maximum atomic E-state index is 12.7. The quantitative estimate of drug-likeness (QED) is 0.835. The normalized spacial score (nSPS) is 17.0. The highest BCUT2D eigenvalue weighted by Gasteiger charge is 2.30. The van der Waals surface area contributed by atoms with Crippen LogP contribution in [-0.4, -0.2) is 63.8 Å². The van der Waals surface area contributed by atoms with E-state index in [0.717, 1.165) is 30.2 Å². The van der Waals surface area contributed by atoms with Crippen molar-refractivity contribution in [3.05, 3.63) is 16.3 Å². The SMILES string of the molecule is CCNCC1CCN(C(=O)c2sccc2S(=O)(=O)N(C)C)CC1. The van der Waals surface area contributed by atoms with E-state index in [4.69, 9.17) is 0 Å². The molecule has 2 heterocycles. The maximum absolute atomic E-state index is 12.7. The smallest absolute Gasteiger partial charge is 0.265 e. The molecule has 1 amide bonds. The van der Waals surface area contributed by atoms with Gasteiger partial charge in [0.25, 0.3) is 5.91 Å². The van der Waals surface area contributed by atoms with Gasteiger partial charge in [-0.2, -0.15) is 0 Å². The second-order valence-corrected chi connectivity index (χ2v) is 8.98. The van der Waals surface area contributed by atoms with Gasteiger partial charge in [0.15, 0.2) is 0 Å². The van der Waals surface area contributed by atoms with Crippen LogP contribution in [0, 0.1) is 5.92 Å². The molecule has 2 rings (SSSR count). The third-order valence-corrected chi connectivity index (χ3v) is 7.06. The molecule has 1 aromatic heterocycles. The van der Waals surface area contributed by atoms with Crippen molar-refractivity contribution >= 4 is 27.3 Å². The van der Waals surface area contributed by atoms with E-state index in [2.05, 4.69) is 12.2 Å². The van der Waals surface area contributed by atoms with E-state index in [1.807, 2.05) is 0 Å². The van der Waals surface area contributed by atoms with Gasteiger partial charge < -0.3 is 10.2 Å². The zero-order valence-corrected chi connectivity index (χ0v) is 15.5. The van der Waals surface area contributed by atoms with E-state index >= 15 is 0 Å². The second kappa shape index (κ2) is 7.74. The summed E-state index contributed by atoms with van der Waals surface area (Å²) in [6, 6.07) is 1.52. The highest BCUT2D eigenvalue weighted by Crippen LogP contribution is 2.27. The predicted octanol–water partition coefficient (Wildman–Crippen LogP) is 1.46. The molecule has 1 aromatic rings.